The second-order valence-electron chi connectivity index (χ2n) is 6.38. The summed E-state index contributed by atoms with van der Waals surface area (Å²) < 4.78 is 0. The molecule has 114 valence electrons. The van der Waals surface area contributed by atoms with Gasteiger partial charge >= 0.3 is 0 Å². The Kier molecular flexibility index (Phi) is 6.28. The molecule has 20 heavy (non-hydrogen) atoms. The number of anilines is 1. The number of hydrogen-bond donors (Lipinski definition) is 1. The van der Waals surface area contributed by atoms with Crippen LogP contribution in [-0.2, 0) is 6.54 Å². The number of halogens is 1. The minimum atomic E-state index is 0.0868. The van der Waals surface area contributed by atoms with Crippen molar-refractivity contribution in [2.75, 3.05) is 18.5 Å². The lowest BCUT2D eigenvalue weighted by Gasteiger charge is -2.36. The smallest absolute Gasteiger partial charge is 0.129 e. The van der Waals surface area contributed by atoms with Crippen molar-refractivity contribution in [2.45, 2.75) is 53.1 Å². The first kappa shape index (κ1) is 17.3. The van der Waals surface area contributed by atoms with Gasteiger partial charge in [0, 0.05) is 25.3 Å². The molecule has 0 aromatic carbocycles. The summed E-state index contributed by atoms with van der Waals surface area (Å²) in [5.74, 6) is 1.61. The van der Waals surface area contributed by atoms with Crippen LogP contribution in [0, 0.1) is 5.92 Å². The highest BCUT2D eigenvalue weighted by Gasteiger charge is 2.22. The SMILES string of the molecule is CCC(C)(C)N(C)c1cc(CNCC(C)C)c(Cl)cn1. The highest BCUT2D eigenvalue weighted by Crippen LogP contribution is 2.26. The summed E-state index contributed by atoms with van der Waals surface area (Å²) in [7, 11) is 2.09. The zero-order valence-corrected chi connectivity index (χ0v) is 14.4. The molecule has 1 aromatic heterocycles. The third-order valence-corrected chi connectivity index (χ3v) is 4.25. The fourth-order valence-corrected chi connectivity index (χ4v) is 2.00. The molecule has 1 heterocycles. The molecule has 0 aliphatic carbocycles. The molecule has 4 heteroatoms. The van der Waals surface area contributed by atoms with E-state index in [-0.39, 0.29) is 5.54 Å². The maximum Gasteiger partial charge on any atom is 0.129 e. The molecule has 0 saturated heterocycles. The van der Waals surface area contributed by atoms with E-state index in [1.807, 2.05) is 0 Å². The van der Waals surface area contributed by atoms with Crippen molar-refractivity contribution in [3.8, 4) is 0 Å². The summed E-state index contributed by atoms with van der Waals surface area (Å²) >= 11 is 6.24. The molecule has 3 nitrogen and oxygen atoms in total. The normalized spacial score (nSPS) is 12.0. The number of nitrogens with zero attached hydrogens (tertiary/aromatic N) is 2. The molecule has 1 rings (SSSR count). The quantitative estimate of drug-likeness (QED) is 0.821. The van der Waals surface area contributed by atoms with Gasteiger partial charge in [0.25, 0.3) is 0 Å². The van der Waals surface area contributed by atoms with E-state index in [0.717, 1.165) is 35.9 Å². The largest absolute Gasteiger partial charge is 0.355 e. The molecule has 0 radical (unpaired) electrons. The van der Waals surface area contributed by atoms with E-state index in [4.69, 9.17) is 11.6 Å². The zero-order chi connectivity index (χ0) is 15.3. The number of aromatic nitrogens is 1. The van der Waals surface area contributed by atoms with E-state index < -0.39 is 0 Å². The van der Waals surface area contributed by atoms with Crippen molar-refractivity contribution in [1.82, 2.24) is 10.3 Å². The molecule has 0 spiro atoms. The van der Waals surface area contributed by atoms with Gasteiger partial charge in [-0.25, -0.2) is 4.98 Å². The summed E-state index contributed by atoms with van der Waals surface area (Å²) in [6, 6.07) is 2.09. The van der Waals surface area contributed by atoms with Crippen molar-refractivity contribution in [1.29, 1.82) is 0 Å². The van der Waals surface area contributed by atoms with Crippen LogP contribution in [0.3, 0.4) is 0 Å². The van der Waals surface area contributed by atoms with Crippen LogP contribution in [0.1, 0.15) is 46.6 Å². The molecule has 0 saturated carbocycles. The molecule has 0 aliphatic heterocycles. The minimum Gasteiger partial charge on any atom is -0.355 e. The average molecular weight is 298 g/mol. The first-order valence-corrected chi connectivity index (χ1v) is 7.74. The lowest BCUT2D eigenvalue weighted by Crippen LogP contribution is -2.41. The summed E-state index contributed by atoms with van der Waals surface area (Å²) in [6.07, 6.45) is 2.82. The van der Waals surface area contributed by atoms with Crippen molar-refractivity contribution >= 4 is 17.4 Å². The molecule has 0 aliphatic rings. The van der Waals surface area contributed by atoms with Crippen molar-refractivity contribution < 1.29 is 0 Å². The second kappa shape index (κ2) is 7.28. The molecule has 0 atom stereocenters. The summed E-state index contributed by atoms with van der Waals surface area (Å²) in [4.78, 5) is 6.68. The highest BCUT2D eigenvalue weighted by molar-refractivity contribution is 6.31. The van der Waals surface area contributed by atoms with E-state index in [1.165, 1.54) is 0 Å². The Hall–Kier alpha value is -0.800. The van der Waals surface area contributed by atoms with Crippen molar-refractivity contribution in [3.63, 3.8) is 0 Å². The predicted molar refractivity (Wildman–Crippen MR) is 88.6 cm³/mol. The van der Waals surface area contributed by atoms with Crippen LogP contribution >= 0.6 is 11.6 Å². The van der Waals surface area contributed by atoms with Gasteiger partial charge in [0.2, 0.25) is 0 Å². The van der Waals surface area contributed by atoms with Gasteiger partial charge in [0.1, 0.15) is 5.82 Å². The van der Waals surface area contributed by atoms with Gasteiger partial charge in [-0.05, 0) is 44.4 Å². The number of pyridine rings is 1. The number of rotatable bonds is 7. The van der Waals surface area contributed by atoms with Gasteiger partial charge in [-0.3, -0.25) is 0 Å². The van der Waals surface area contributed by atoms with E-state index in [0.29, 0.717) is 5.92 Å². The maximum atomic E-state index is 6.24. The lowest BCUT2D eigenvalue weighted by molar-refractivity contribution is 0.467. The Bertz CT molecular complexity index is 430. The van der Waals surface area contributed by atoms with Crippen LogP contribution in [0.2, 0.25) is 5.02 Å². The van der Waals surface area contributed by atoms with E-state index in [2.05, 4.69) is 62.9 Å². The van der Waals surface area contributed by atoms with Crippen LogP contribution in [0.4, 0.5) is 5.82 Å². The van der Waals surface area contributed by atoms with E-state index in [9.17, 15) is 0 Å². The molecule has 0 bridgehead atoms. The fourth-order valence-electron chi connectivity index (χ4n) is 1.83. The minimum absolute atomic E-state index is 0.0868. The molecule has 1 N–H and O–H groups in total. The second-order valence-corrected chi connectivity index (χ2v) is 6.79. The molecule has 1 aromatic rings. The Morgan fingerprint density at radius 3 is 2.60 bits per heavy atom. The Balaban J connectivity index is 2.85. The van der Waals surface area contributed by atoms with Crippen LogP contribution in [0.15, 0.2) is 12.3 Å². The van der Waals surface area contributed by atoms with Crippen LogP contribution in [0.5, 0.6) is 0 Å². The zero-order valence-electron chi connectivity index (χ0n) is 13.6. The van der Waals surface area contributed by atoms with Crippen molar-refractivity contribution in [3.05, 3.63) is 22.8 Å². The first-order chi connectivity index (χ1) is 9.27. The maximum absolute atomic E-state index is 6.24. The molecule has 0 unspecified atom stereocenters. The number of nitrogens with one attached hydrogen (secondary N) is 1. The first-order valence-electron chi connectivity index (χ1n) is 7.37. The predicted octanol–water partition coefficient (Wildman–Crippen LogP) is 4.11. The summed E-state index contributed by atoms with van der Waals surface area (Å²) in [5, 5.41) is 4.16. The van der Waals surface area contributed by atoms with Crippen molar-refractivity contribution in [2.24, 2.45) is 5.92 Å². The fraction of sp³-hybridized carbons (Fsp3) is 0.688. The van der Waals surface area contributed by atoms with Gasteiger partial charge < -0.3 is 10.2 Å². The van der Waals surface area contributed by atoms with Gasteiger partial charge in [-0.2, -0.15) is 0 Å². The Labute approximate surface area is 128 Å². The van der Waals surface area contributed by atoms with Gasteiger partial charge in [-0.15, -0.1) is 0 Å². The monoisotopic (exact) mass is 297 g/mol. The number of hydrogen-bond acceptors (Lipinski definition) is 3. The molecule has 0 fully saturated rings. The third kappa shape index (κ3) is 4.64. The average Bonchev–Trinajstić information content (AvgIpc) is 2.39. The molecular weight excluding hydrogens is 270 g/mol. The summed E-state index contributed by atoms with van der Waals surface area (Å²) in [5.41, 5.74) is 1.19. The van der Waals surface area contributed by atoms with E-state index in [1.54, 1.807) is 6.20 Å². The van der Waals surface area contributed by atoms with Crippen LogP contribution < -0.4 is 10.2 Å². The topological polar surface area (TPSA) is 28.2 Å². The van der Waals surface area contributed by atoms with Gasteiger partial charge in [0.05, 0.1) is 5.02 Å². The third-order valence-electron chi connectivity index (χ3n) is 3.91. The Morgan fingerprint density at radius 1 is 1.40 bits per heavy atom. The van der Waals surface area contributed by atoms with Crippen LogP contribution in [0.25, 0.3) is 0 Å². The lowest BCUT2D eigenvalue weighted by atomic mass is 10.00. The highest BCUT2D eigenvalue weighted by atomic mass is 35.5. The van der Waals surface area contributed by atoms with Crippen LogP contribution in [-0.4, -0.2) is 24.1 Å². The van der Waals surface area contributed by atoms with Gasteiger partial charge in [-0.1, -0.05) is 32.4 Å². The van der Waals surface area contributed by atoms with Gasteiger partial charge in [0.15, 0.2) is 0 Å². The summed E-state index contributed by atoms with van der Waals surface area (Å²) in [6.45, 7) is 12.8. The standard InChI is InChI=1S/C16H28ClN3/c1-7-16(4,5)20(6)15-8-13(14(17)11-19-15)10-18-9-12(2)3/h8,11-12,18H,7,9-10H2,1-6H3. The molecular formula is C16H28ClN3. The Morgan fingerprint density at radius 2 is 2.05 bits per heavy atom. The van der Waals surface area contributed by atoms with E-state index >= 15 is 0 Å². The molecule has 0 amide bonds.